The summed E-state index contributed by atoms with van der Waals surface area (Å²) in [5, 5.41) is 4.33. The van der Waals surface area contributed by atoms with Crippen LogP contribution in [0.4, 0.5) is 5.88 Å². The largest absolute Gasteiger partial charge is 0.497 e. The van der Waals surface area contributed by atoms with E-state index in [9.17, 15) is 0 Å². The molecule has 0 atom stereocenters. The summed E-state index contributed by atoms with van der Waals surface area (Å²) < 4.78 is 22.1. The minimum Gasteiger partial charge on any atom is -0.497 e. The summed E-state index contributed by atoms with van der Waals surface area (Å²) in [6.45, 7) is 2.63. The maximum Gasteiger partial charge on any atom is 0.231 e. The third kappa shape index (κ3) is 5.09. The number of hydrogen-bond acceptors (Lipinski definition) is 7. The van der Waals surface area contributed by atoms with Gasteiger partial charge >= 0.3 is 0 Å². The first-order chi connectivity index (χ1) is 16.8. The first-order valence-corrected chi connectivity index (χ1v) is 11.3. The molecule has 0 saturated heterocycles. The third-order valence-electron chi connectivity index (χ3n) is 5.74. The van der Waals surface area contributed by atoms with Gasteiger partial charge in [0.2, 0.25) is 12.7 Å². The van der Waals surface area contributed by atoms with Crippen LogP contribution < -0.4 is 19.1 Å². The Bertz CT molecular complexity index is 1180. The van der Waals surface area contributed by atoms with Gasteiger partial charge in [0, 0.05) is 43.7 Å². The fraction of sp³-hybridized carbons (Fsp3) is 0.222. The molecule has 0 spiro atoms. The van der Waals surface area contributed by atoms with E-state index in [2.05, 4.69) is 33.4 Å². The van der Waals surface area contributed by atoms with Crippen LogP contribution in [0.25, 0.3) is 11.3 Å². The first kappa shape index (κ1) is 21.7. The van der Waals surface area contributed by atoms with E-state index >= 15 is 0 Å². The Morgan fingerprint density at radius 1 is 0.941 bits per heavy atom. The van der Waals surface area contributed by atoms with Gasteiger partial charge in [0.05, 0.1) is 7.11 Å². The highest BCUT2D eigenvalue weighted by Crippen LogP contribution is 2.34. The molecule has 3 aromatic rings. The molecule has 2 aliphatic heterocycles. The fourth-order valence-electron chi connectivity index (χ4n) is 3.93. The van der Waals surface area contributed by atoms with Crippen molar-refractivity contribution >= 4 is 5.88 Å². The van der Waals surface area contributed by atoms with E-state index in [-0.39, 0.29) is 6.79 Å². The summed E-state index contributed by atoms with van der Waals surface area (Å²) in [4.78, 5) is 4.39. The van der Waals surface area contributed by atoms with Gasteiger partial charge in [-0.3, -0.25) is 0 Å². The van der Waals surface area contributed by atoms with Crippen LogP contribution in [0.15, 0.2) is 89.8 Å². The van der Waals surface area contributed by atoms with Gasteiger partial charge in [0.1, 0.15) is 11.4 Å². The monoisotopic (exact) mass is 457 g/mol. The quantitative estimate of drug-likeness (QED) is 0.428. The van der Waals surface area contributed by atoms with Crippen LogP contribution in [0.5, 0.6) is 17.2 Å². The van der Waals surface area contributed by atoms with Gasteiger partial charge in [-0.1, -0.05) is 23.4 Å². The van der Waals surface area contributed by atoms with E-state index in [0.717, 1.165) is 59.5 Å². The minimum absolute atomic E-state index is 0.265. The molecule has 0 radical (unpaired) electrons. The standard InChI is InChI=1S/C27H27N3O4/c1-31-23-10-8-22(9-11-23)24-18-27(34-28-24)30(16-6-15-29-13-4-2-3-5-14-29)19-21-7-12-25-26(17-21)33-20-32-25/h2-5,7-14,17-18H,6,15-16,19-20H2,1H3. The van der Waals surface area contributed by atoms with Gasteiger partial charge in [-0.05, 0) is 60.5 Å². The number of methoxy groups -OCH3 is 1. The van der Waals surface area contributed by atoms with Gasteiger partial charge in [-0.15, -0.1) is 0 Å². The third-order valence-corrected chi connectivity index (χ3v) is 5.74. The lowest BCUT2D eigenvalue weighted by Gasteiger charge is -2.23. The van der Waals surface area contributed by atoms with Crippen molar-refractivity contribution in [3.63, 3.8) is 0 Å². The highest BCUT2D eigenvalue weighted by atomic mass is 16.7. The lowest BCUT2D eigenvalue weighted by atomic mass is 10.1. The van der Waals surface area contributed by atoms with Crippen molar-refractivity contribution in [2.24, 2.45) is 0 Å². The first-order valence-electron chi connectivity index (χ1n) is 11.3. The molecule has 1 aromatic heterocycles. The van der Waals surface area contributed by atoms with E-state index in [4.69, 9.17) is 18.7 Å². The van der Waals surface area contributed by atoms with Crippen LogP contribution in [0, 0.1) is 0 Å². The number of allylic oxidation sites excluding steroid dienone is 4. The van der Waals surface area contributed by atoms with Crippen molar-refractivity contribution in [3.8, 4) is 28.5 Å². The molecular formula is C27H27N3O4. The van der Waals surface area contributed by atoms with Crippen molar-refractivity contribution in [1.82, 2.24) is 10.1 Å². The summed E-state index contributed by atoms with van der Waals surface area (Å²) in [6.07, 6.45) is 13.2. The topological polar surface area (TPSA) is 60.2 Å². The number of ether oxygens (including phenoxy) is 3. The number of hydrogen-bond donors (Lipinski definition) is 0. The normalized spacial score (nSPS) is 13.9. The molecule has 7 heteroatoms. The SMILES string of the molecule is COc1ccc(-c2cc(N(CCCN3C=CC=CC=C3)Cc3ccc4c(c3)OCO4)on2)cc1. The molecular weight excluding hydrogens is 430 g/mol. The van der Waals surface area contributed by atoms with E-state index in [1.54, 1.807) is 7.11 Å². The molecule has 3 heterocycles. The van der Waals surface area contributed by atoms with E-state index in [0.29, 0.717) is 6.54 Å². The van der Waals surface area contributed by atoms with Gasteiger partial charge in [0.15, 0.2) is 11.5 Å². The van der Waals surface area contributed by atoms with E-state index in [1.807, 2.05) is 66.8 Å². The Hall–Kier alpha value is -4.13. The van der Waals surface area contributed by atoms with Gasteiger partial charge in [0.25, 0.3) is 0 Å². The molecule has 5 rings (SSSR count). The molecule has 7 nitrogen and oxygen atoms in total. The molecule has 34 heavy (non-hydrogen) atoms. The molecule has 0 saturated carbocycles. The van der Waals surface area contributed by atoms with Crippen molar-refractivity contribution in [3.05, 3.63) is 90.8 Å². The molecule has 0 fully saturated rings. The smallest absolute Gasteiger partial charge is 0.231 e. The highest BCUT2D eigenvalue weighted by Gasteiger charge is 2.18. The maximum atomic E-state index is 5.80. The zero-order valence-corrected chi connectivity index (χ0v) is 19.1. The van der Waals surface area contributed by atoms with E-state index < -0.39 is 0 Å². The molecule has 174 valence electrons. The van der Waals surface area contributed by atoms with Crippen molar-refractivity contribution in [2.45, 2.75) is 13.0 Å². The summed E-state index contributed by atoms with van der Waals surface area (Å²) in [5.41, 5.74) is 2.88. The number of rotatable bonds is 9. The molecule has 2 aliphatic rings. The molecule has 0 N–H and O–H groups in total. The second-order valence-corrected chi connectivity index (χ2v) is 8.05. The zero-order chi connectivity index (χ0) is 23.2. The molecule has 0 unspecified atom stereocenters. The number of benzene rings is 2. The predicted molar refractivity (Wildman–Crippen MR) is 131 cm³/mol. The lowest BCUT2D eigenvalue weighted by Crippen LogP contribution is -2.26. The Morgan fingerprint density at radius 3 is 2.53 bits per heavy atom. The summed E-state index contributed by atoms with van der Waals surface area (Å²) in [6, 6.07) is 15.8. The van der Waals surface area contributed by atoms with Gasteiger partial charge in [-0.25, -0.2) is 0 Å². The number of fused-ring (bicyclic) bond motifs is 1. The Kier molecular flexibility index (Phi) is 6.52. The van der Waals surface area contributed by atoms with Gasteiger partial charge < -0.3 is 28.5 Å². The Labute approximate surface area is 199 Å². The van der Waals surface area contributed by atoms with Crippen LogP contribution in [-0.4, -0.2) is 37.0 Å². The van der Waals surface area contributed by atoms with Crippen molar-refractivity contribution in [2.75, 3.05) is 31.9 Å². The number of anilines is 1. The molecule has 0 bridgehead atoms. The zero-order valence-electron chi connectivity index (χ0n) is 19.1. The minimum atomic E-state index is 0.265. The average Bonchev–Trinajstić information content (AvgIpc) is 3.48. The molecule has 0 aliphatic carbocycles. The van der Waals surface area contributed by atoms with Crippen LogP contribution in [0.1, 0.15) is 12.0 Å². The summed E-state index contributed by atoms with van der Waals surface area (Å²) in [7, 11) is 1.66. The van der Waals surface area contributed by atoms with Gasteiger partial charge in [-0.2, -0.15) is 0 Å². The summed E-state index contributed by atoms with van der Waals surface area (Å²) >= 11 is 0. The van der Waals surface area contributed by atoms with Crippen LogP contribution in [0.2, 0.25) is 0 Å². The predicted octanol–water partition coefficient (Wildman–Crippen LogP) is 5.37. The second-order valence-electron chi connectivity index (χ2n) is 8.05. The fourth-order valence-corrected chi connectivity index (χ4v) is 3.93. The lowest BCUT2D eigenvalue weighted by molar-refractivity contribution is 0.174. The second kappa shape index (κ2) is 10.2. The Morgan fingerprint density at radius 2 is 1.74 bits per heavy atom. The molecule has 0 amide bonds. The van der Waals surface area contributed by atoms with Crippen molar-refractivity contribution < 1.29 is 18.7 Å². The highest BCUT2D eigenvalue weighted by molar-refractivity contribution is 5.63. The van der Waals surface area contributed by atoms with Crippen LogP contribution in [0.3, 0.4) is 0 Å². The Balaban J connectivity index is 1.33. The van der Waals surface area contributed by atoms with Crippen LogP contribution in [-0.2, 0) is 6.54 Å². The average molecular weight is 458 g/mol. The number of nitrogens with zero attached hydrogens (tertiary/aromatic N) is 3. The van der Waals surface area contributed by atoms with Crippen LogP contribution >= 0.6 is 0 Å². The number of aromatic nitrogens is 1. The molecule has 2 aromatic carbocycles. The van der Waals surface area contributed by atoms with Crippen molar-refractivity contribution in [1.29, 1.82) is 0 Å². The summed E-state index contributed by atoms with van der Waals surface area (Å²) in [5.74, 6) is 3.10. The van der Waals surface area contributed by atoms with E-state index in [1.165, 1.54) is 0 Å². The maximum absolute atomic E-state index is 5.80.